The molecule has 0 spiro atoms. The lowest BCUT2D eigenvalue weighted by Gasteiger charge is -2.37. The number of aryl methyl sites for hydroxylation is 2. The van der Waals surface area contributed by atoms with E-state index in [1.807, 2.05) is 29.2 Å². The Morgan fingerprint density at radius 2 is 1.60 bits per heavy atom. The number of nitrogens with zero attached hydrogens (tertiary/aromatic N) is 4. The third-order valence-electron chi connectivity index (χ3n) is 7.06. The number of benzene rings is 2. The third-order valence-corrected chi connectivity index (χ3v) is 8.16. The predicted octanol–water partition coefficient (Wildman–Crippen LogP) is 5.74. The molecule has 2 aromatic carbocycles. The van der Waals surface area contributed by atoms with Crippen LogP contribution in [0.15, 0.2) is 60.7 Å². The molecular formula is C29H32N4OS. The van der Waals surface area contributed by atoms with E-state index < -0.39 is 0 Å². The van der Waals surface area contributed by atoms with Crippen molar-refractivity contribution in [1.82, 2.24) is 14.9 Å². The van der Waals surface area contributed by atoms with Crippen LogP contribution in [0.25, 0.3) is 10.2 Å². The molecule has 5 rings (SSSR count). The van der Waals surface area contributed by atoms with Gasteiger partial charge >= 0.3 is 0 Å². The number of anilines is 1. The fourth-order valence-corrected chi connectivity index (χ4v) is 6.00. The Labute approximate surface area is 211 Å². The van der Waals surface area contributed by atoms with E-state index >= 15 is 0 Å². The minimum atomic E-state index is -0.0762. The summed E-state index contributed by atoms with van der Waals surface area (Å²) in [6.45, 7) is 9.41. The lowest BCUT2D eigenvalue weighted by molar-refractivity contribution is -0.133. The van der Waals surface area contributed by atoms with Gasteiger partial charge in [0.1, 0.15) is 16.5 Å². The Bertz CT molecular complexity index is 1310. The summed E-state index contributed by atoms with van der Waals surface area (Å²) in [5.41, 5.74) is 3.58. The smallest absolute Gasteiger partial charge is 0.230 e. The molecule has 0 N–H and O–H groups in total. The van der Waals surface area contributed by atoms with Gasteiger partial charge in [0.05, 0.1) is 11.3 Å². The minimum absolute atomic E-state index is 0.0762. The highest BCUT2D eigenvalue weighted by Gasteiger charge is 2.29. The zero-order valence-corrected chi connectivity index (χ0v) is 21.5. The topological polar surface area (TPSA) is 49.3 Å². The maximum atomic E-state index is 13.4. The second-order valence-corrected chi connectivity index (χ2v) is 10.5. The van der Waals surface area contributed by atoms with Crippen LogP contribution in [-0.2, 0) is 11.2 Å². The van der Waals surface area contributed by atoms with Crippen LogP contribution in [0.5, 0.6) is 0 Å². The third kappa shape index (κ3) is 4.80. The average Bonchev–Trinajstić information content (AvgIpc) is 3.18. The van der Waals surface area contributed by atoms with Crippen molar-refractivity contribution >= 4 is 33.3 Å². The van der Waals surface area contributed by atoms with Gasteiger partial charge in [-0.3, -0.25) is 4.79 Å². The summed E-state index contributed by atoms with van der Waals surface area (Å²) in [6.07, 6.45) is 1.53. The van der Waals surface area contributed by atoms with Crippen LogP contribution in [0.2, 0.25) is 0 Å². The van der Waals surface area contributed by atoms with Gasteiger partial charge in [0, 0.05) is 37.5 Å². The molecule has 5 nitrogen and oxygen atoms in total. The highest BCUT2D eigenvalue weighted by molar-refractivity contribution is 7.18. The van der Waals surface area contributed by atoms with Crippen molar-refractivity contribution in [2.75, 3.05) is 31.1 Å². The second-order valence-electron chi connectivity index (χ2n) is 9.27. The van der Waals surface area contributed by atoms with Crippen molar-refractivity contribution in [3.63, 3.8) is 0 Å². The number of rotatable bonds is 6. The van der Waals surface area contributed by atoms with Gasteiger partial charge < -0.3 is 9.80 Å². The number of amides is 1. The standard InChI is InChI=1S/C29H32N4OS/c1-4-24(23-13-9-6-10-14-23)29(34)33-17-15-32(16-18-33)27-26-20(2)21(3)35-28(26)31-25(30-27)19-22-11-7-5-8-12-22/h5-14,24H,4,15-19H2,1-3H3. The van der Waals surface area contributed by atoms with Gasteiger partial charge in [-0.2, -0.15) is 0 Å². The summed E-state index contributed by atoms with van der Waals surface area (Å²) in [5, 5.41) is 1.17. The summed E-state index contributed by atoms with van der Waals surface area (Å²) in [7, 11) is 0. The SMILES string of the molecule is CCC(C(=O)N1CCN(c2nc(Cc3ccccc3)nc3sc(C)c(C)c23)CC1)c1ccccc1. The molecule has 1 saturated heterocycles. The summed E-state index contributed by atoms with van der Waals surface area (Å²) in [5.74, 6) is 2.03. The molecule has 0 saturated carbocycles. The van der Waals surface area contributed by atoms with Gasteiger partial charge in [-0.05, 0) is 37.0 Å². The van der Waals surface area contributed by atoms with Gasteiger partial charge in [0.15, 0.2) is 0 Å². The van der Waals surface area contributed by atoms with Crippen molar-refractivity contribution in [2.45, 2.75) is 39.5 Å². The van der Waals surface area contributed by atoms with Crippen molar-refractivity contribution in [1.29, 1.82) is 0 Å². The van der Waals surface area contributed by atoms with Crippen LogP contribution in [0.4, 0.5) is 5.82 Å². The first-order valence-electron chi connectivity index (χ1n) is 12.4. The van der Waals surface area contributed by atoms with Crippen LogP contribution >= 0.6 is 11.3 Å². The molecule has 1 aliphatic rings. The summed E-state index contributed by atoms with van der Waals surface area (Å²) in [4.78, 5) is 30.1. The molecule has 6 heteroatoms. The Balaban J connectivity index is 1.38. The summed E-state index contributed by atoms with van der Waals surface area (Å²) >= 11 is 1.75. The molecule has 180 valence electrons. The van der Waals surface area contributed by atoms with E-state index in [1.165, 1.54) is 21.4 Å². The van der Waals surface area contributed by atoms with Gasteiger partial charge in [0.25, 0.3) is 0 Å². The van der Waals surface area contributed by atoms with Gasteiger partial charge in [-0.25, -0.2) is 9.97 Å². The Morgan fingerprint density at radius 1 is 0.943 bits per heavy atom. The van der Waals surface area contributed by atoms with Crippen LogP contribution in [0.3, 0.4) is 0 Å². The molecule has 1 atom stereocenters. The largest absolute Gasteiger partial charge is 0.352 e. The average molecular weight is 485 g/mol. The lowest BCUT2D eigenvalue weighted by Crippen LogP contribution is -2.50. The van der Waals surface area contributed by atoms with Gasteiger partial charge in [-0.1, -0.05) is 67.6 Å². The number of aromatic nitrogens is 2. The quantitative estimate of drug-likeness (QED) is 0.350. The molecule has 0 bridgehead atoms. The molecule has 4 aromatic rings. The van der Waals surface area contributed by atoms with Crippen LogP contribution < -0.4 is 4.90 Å². The van der Waals surface area contributed by atoms with Crippen molar-refractivity contribution in [3.05, 3.63) is 88.1 Å². The van der Waals surface area contributed by atoms with Gasteiger partial charge in [0.2, 0.25) is 5.91 Å². The Morgan fingerprint density at radius 3 is 2.26 bits per heavy atom. The molecule has 1 fully saturated rings. The zero-order valence-electron chi connectivity index (χ0n) is 20.7. The van der Waals surface area contributed by atoms with Crippen molar-refractivity contribution in [3.8, 4) is 0 Å². The lowest BCUT2D eigenvalue weighted by atomic mass is 9.95. The van der Waals surface area contributed by atoms with E-state index in [9.17, 15) is 4.79 Å². The normalized spacial score (nSPS) is 14.9. The summed E-state index contributed by atoms with van der Waals surface area (Å²) in [6, 6.07) is 20.6. The van der Waals surface area contributed by atoms with E-state index in [4.69, 9.17) is 9.97 Å². The number of hydrogen-bond acceptors (Lipinski definition) is 5. The van der Waals surface area contributed by atoms with Crippen LogP contribution in [0, 0.1) is 13.8 Å². The Kier molecular flexibility index (Phi) is 6.82. The second kappa shape index (κ2) is 10.2. The molecule has 0 radical (unpaired) electrons. The van der Waals surface area contributed by atoms with E-state index in [2.05, 4.69) is 62.1 Å². The number of carbonyl (C=O) groups excluding carboxylic acids is 1. The maximum absolute atomic E-state index is 13.4. The highest BCUT2D eigenvalue weighted by atomic mass is 32.1. The van der Waals surface area contributed by atoms with Crippen molar-refractivity contribution in [2.24, 2.45) is 0 Å². The van der Waals surface area contributed by atoms with Crippen LogP contribution in [-0.4, -0.2) is 47.0 Å². The van der Waals surface area contributed by atoms with Gasteiger partial charge in [-0.15, -0.1) is 11.3 Å². The number of carbonyl (C=O) groups is 1. The molecular weight excluding hydrogens is 452 g/mol. The minimum Gasteiger partial charge on any atom is -0.352 e. The molecule has 1 aliphatic heterocycles. The zero-order chi connectivity index (χ0) is 24.4. The van der Waals surface area contributed by atoms with E-state index in [1.54, 1.807) is 11.3 Å². The fourth-order valence-electron chi connectivity index (χ4n) is 4.96. The highest BCUT2D eigenvalue weighted by Crippen LogP contribution is 2.36. The van der Waals surface area contributed by atoms with E-state index in [0.717, 1.165) is 41.5 Å². The first kappa shape index (κ1) is 23.5. The maximum Gasteiger partial charge on any atom is 0.230 e. The number of fused-ring (bicyclic) bond motifs is 1. The monoisotopic (exact) mass is 484 g/mol. The molecule has 1 amide bonds. The Hall–Kier alpha value is -3.25. The first-order valence-corrected chi connectivity index (χ1v) is 13.3. The number of thiophene rings is 1. The molecule has 2 aromatic heterocycles. The van der Waals surface area contributed by atoms with Crippen molar-refractivity contribution < 1.29 is 4.79 Å². The molecule has 1 unspecified atom stereocenters. The number of hydrogen-bond donors (Lipinski definition) is 0. The van der Waals surface area contributed by atoms with E-state index in [-0.39, 0.29) is 11.8 Å². The number of piperazine rings is 1. The summed E-state index contributed by atoms with van der Waals surface area (Å²) < 4.78 is 0. The van der Waals surface area contributed by atoms with E-state index in [0.29, 0.717) is 19.5 Å². The predicted molar refractivity (Wildman–Crippen MR) is 144 cm³/mol. The molecule has 3 heterocycles. The molecule has 35 heavy (non-hydrogen) atoms. The molecule has 0 aliphatic carbocycles. The first-order chi connectivity index (χ1) is 17.0. The van der Waals surface area contributed by atoms with Crippen LogP contribution in [0.1, 0.15) is 46.7 Å². The fraction of sp³-hybridized carbons (Fsp3) is 0.345.